The van der Waals surface area contributed by atoms with Gasteiger partial charge in [-0.1, -0.05) is 70.8 Å². The molecule has 5 heteroatoms. The smallest absolute Gasteiger partial charge is 0.305 e. The standard InChI is InChI=1S/C28H48O4Si/c1-8-9-10-14-23(32-33(6,7)28(2,3)4)16-17-24-25-19-21(18-22(25)20-26(24)29)13-11-12-15-27(30)31-5/h16-18,22-25H,8-15,19-20H2,1-7H3/b17-16+/t22-,23-,24+,25-/m0/s1. The summed E-state index contributed by atoms with van der Waals surface area (Å²) in [5.74, 6) is 1.09. The number of hydrogen-bond donors (Lipinski definition) is 0. The van der Waals surface area contributed by atoms with Gasteiger partial charge in [-0.25, -0.2) is 0 Å². The predicted molar refractivity (Wildman–Crippen MR) is 139 cm³/mol. The Hall–Kier alpha value is -1.20. The summed E-state index contributed by atoms with van der Waals surface area (Å²) in [6.45, 7) is 13.7. The van der Waals surface area contributed by atoms with Crippen molar-refractivity contribution in [3.05, 3.63) is 23.8 Å². The summed E-state index contributed by atoms with van der Waals surface area (Å²) < 4.78 is 11.5. The van der Waals surface area contributed by atoms with Crippen LogP contribution in [0.4, 0.5) is 0 Å². The number of methoxy groups -OCH3 is 1. The molecule has 0 aromatic heterocycles. The molecule has 0 saturated heterocycles. The van der Waals surface area contributed by atoms with Gasteiger partial charge in [0, 0.05) is 18.8 Å². The van der Waals surface area contributed by atoms with E-state index < -0.39 is 8.32 Å². The number of carbonyl (C=O) groups is 2. The van der Waals surface area contributed by atoms with Crippen molar-refractivity contribution < 1.29 is 18.8 Å². The Morgan fingerprint density at radius 3 is 2.55 bits per heavy atom. The SMILES string of the molecule is CCCCC[C@@H](/C=C/[C@H]1C(=O)C[C@@H]2C=C(CCCCC(=O)OC)C[C@@H]21)O[Si](C)(C)C(C)(C)C. The molecule has 1 fully saturated rings. The van der Waals surface area contributed by atoms with Gasteiger partial charge >= 0.3 is 5.97 Å². The van der Waals surface area contributed by atoms with Crippen LogP contribution in [0.15, 0.2) is 23.8 Å². The Morgan fingerprint density at radius 1 is 1.18 bits per heavy atom. The molecule has 4 nitrogen and oxygen atoms in total. The monoisotopic (exact) mass is 476 g/mol. The molecule has 2 aliphatic rings. The highest BCUT2D eigenvalue weighted by atomic mass is 28.4. The molecule has 1 saturated carbocycles. The Morgan fingerprint density at radius 2 is 1.91 bits per heavy atom. The van der Waals surface area contributed by atoms with Crippen LogP contribution in [-0.4, -0.2) is 33.3 Å². The molecular formula is C28H48O4Si. The second-order valence-corrected chi connectivity index (χ2v) is 16.4. The molecule has 33 heavy (non-hydrogen) atoms. The highest BCUT2D eigenvalue weighted by Gasteiger charge is 2.43. The fourth-order valence-electron chi connectivity index (χ4n) is 4.91. The van der Waals surface area contributed by atoms with Crippen molar-refractivity contribution in [2.45, 2.75) is 116 Å². The number of ether oxygens (including phenoxy) is 1. The Kier molecular flexibility index (Phi) is 10.6. The summed E-state index contributed by atoms with van der Waals surface area (Å²) in [6.07, 6.45) is 16.6. The van der Waals surface area contributed by atoms with Crippen molar-refractivity contribution in [2.24, 2.45) is 17.8 Å². The minimum absolute atomic E-state index is 0.0236. The number of fused-ring (bicyclic) bond motifs is 1. The molecule has 2 rings (SSSR count). The Bertz CT molecular complexity index is 716. The maximum Gasteiger partial charge on any atom is 0.305 e. The number of allylic oxidation sites excluding steroid dienone is 3. The van der Waals surface area contributed by atoms with Crippen LogP contribution >= 0.6 is 0 Å². The molecular weight excluding hydrogens is 428 g/mol. The van der Waals surface area contributed by atoms with Crippen molar-refractivity contribution in [1.29, 1.82) is 0 Å². The maximum absolute atomic E-state index is 12.8. The van der Waals surface area contributed by atoms with Gasteiger partial charge in [0.2, 0.25) is 0 Å². The second-order valence-electron chi connectivity index (χ2n) is 11.6. The van der Waals surface area contributed by atoms with Gasteiger partial charge in [0.05, 0.1) is 13.2 Å². The molecule has 0 spiro atoms. The van der Waals surface area contributed by atoms with Gasteiger partial charge in [0.1, 0.15) is 5.78 Å². The van der Waals surface area contributed by atoms with Gasteiger partial charge < -0.3 is 9.16 Å². The first kappa shape index (κ1) is 28.0. The zero-order valence-electron chi connectivity index (χ0n) is 22.2. The Labute approximate surface area is 203 Å². The highest BCUT2D eigenvalue weighted by Crippen LogP contribution is 2.46. The topological polar surface area (TPSA) is 52.6 Å². The fraction of sp³-hybridized carbons (Fsp3) is 0.786. The number of Topliss-reactive ketones (excluding diaryl/α,β-unsaturated/α-hetero) is 1. The van der Waals surface area contributed by atoms with Gasteiger partial charge in [-0.05, 0) is 62.1 Å². The third kappa shape index (κ3) is 8.20. The zero-order valence-corrected chi connectivity index (χ0v) is 23.2. The first-order valence-corrected chi connectivity index (χ1v) is 16.0. The molecule has 0 aliphatic heterocycles. The first-order chi connectivity index (χ1) is 15.5. The summed E-state index contributed by atoms with van der Waals surface area (Å²) in [5, 5.41) is 0.177. The Balaban J connectivity index is 1.98. The summed E-state index contributed by atoms with van der Waals surface area (Å²) in [6, 6.07) is 0. The van der Waals surface area contributed by atoms with E-state index >= 15 is 0 Å². The van der Waals surface area contributed by atoms with E-state index in [2.05, 4.69) is 59.0 Å². The number of rotatable bonds is 13. The predicted octanol–water partition coefficient (Wildman–Crippen LogP) is 7.40. The second kappa shape index (κ2) is 12.5. The zero-order chi connectivity index (χ0) is 24.6. The lowest BCUT2D eigenvalue weighted by Gasteiger charge is -2.38. The molecule has 0 N–H and O–H groups in total. The molecule has 4 atom stereocenters. The first-order valence-electron chi connectivity index (χ1n) is 13.1. The summed E-state index contributed by atoms with van der Waals surface area (Å²) in [5.41, 5.74) is 1.47. The minimum atomic E-state index is -1.87. The van der Waals surface area contributed by atoms with E-state index in [1.165, 1.54) is 31.9 Å². The molecule has 2 aliphatic carbocycles. The van der Waals surface area contributed by atoms with Crippen LogP contribution in [0.1, 0.15) is 91.9 Å². The number of esters is 1. The van der Waals surface area contributed by atoms with Crippen molar-refractivity contribution in [1.82, 2.24) is 0 Å². The van der Waals surface area contributed by atoms with Crippen LogP contribution in [-0.2, 0) is 18.8 Å². The molecule has 0 amide bonds. The van der Waals surface area contributed by atoms with E-state index in [1.807, 2.05) is 0 Å². The number of hydrogen-bond acceptors (Lipinski definition) is 4. The van der Waals surface area contributed by atoms with E-state index in [4.69, 9.17) is 9.16 Å². The number of ketones is 1. The van der Waals surface area contributed by atoms with E-state index in [0.717, 1.165) is 32.1 Å². The van der Waals surface area contributed by atoms with E-state index in [0.29, 0.717) is 30.5 Å². The van der Waals surface area contributed by atoms with Crippen LogP contribution in [0.2, 0.25) is 18.1 Å². The summed E-state index contributed by atoms with van der Waals surface area (Å²) in [4.78, 5) is 24.1. The number of carbonyl (C=O) groups excluding carboxylic acids is 2. The largest absolute Gasteiger partial charge is 0.469 e. The molecule has 0 aromatic rings. The molecule has 0 unspecified atom stereocenters. The van der Waals surface area contributed by atoms with E-state index in [1.54, 1.807) is 0 Å². The molecule has 0 bridgehead atoms. The summed E-state index contributed by atoms with van der Waals surface area (Å²) >= 11 is 0. The number of unbranched alkanes of at least 4 members (excludes halogenated alkanes) is 3. The molecule has 0 radical (unpaired) electrons. The average Bonchev–Trinajstić information content (AvgIpc) is 3.24. The highest BCUT2D eigenvalue weighted by molar-refractivity contribution is 6.74. The summed E-state index contributed by atoms with van der Waals surface area (Å²) in [7, 11) is -0.425. The maximum atomic E-state index is 12.8. The van der Waals surface area contributed by atoms with E-state index in [-0.39, 0.29) is 23.0 Å². The van der Waals surface area contributed by atoms with Crippen molar-refractivity contribution in [2.75, 3.05) is 7.11 Å². The van der Waals surface area contributed by atoms with Gasteiger partial charge in [0.15, 0.2) is 8.32 Å². The van der Waals surface area contributed by atoms with Crippen LogP contribution < -0.4 is 0 Å². The van der Waals surface area contributed by atoms with Gasteiger partial charge in [-0.2, -0.15) is 0 Å². The lowest BCUT2D eigenvalue weighted by molar-refractivity contribution is -0.140. The van der Waals surface area contributed by atoms with Crippen LogP contribution in [0, 0.1) is 17.8 Å². The lowest BCUT2D eigenvalue weighted by Crippen LogP contribution is -2.43. The van der Waals surface area contributed by atoms with Gasteiger partial charge in [-0.15, -0.1) is 0 Å². The average molecular weight is 477 g/mol. The van der Waals surface area contributed by atoms with Gasteiger partial charge in [-0.3, -0.25) is 9.59 Å². The van der Waals surface area contributed by atoms with Crippen LogP contribution in [0.5, 0.6) is 0 Å². The molecule has 0 aromatic carbocycles. The van der Waals surface area contributed by atoms with Gasteiger partial charge in [0.25, 0.3) is 0 Å². The van der Waals surface area contributed by atoms with E-state index in [9.17, 15) is 9.59 Å². The van der Waals surface area contributed by atoms with Crippen molar-refractivity contribution >= 4 is 20.1 Å². The van der Waals surface area contributed by atoms with Crippen LogP contribution in [0.3, 0.4) is 0 Å². The van der Waals surface area contributed by atoms with Crippen molar-refractivity contribution in [3.8, 4) is 0 Å². The quantitative estimate of drug-likeness (QED) is 0.120. The normalized spacial score (nSPS) is 24.3. The minimum Gasteiger partial charge on any atom is -0.469 e. The molecule has 188 valence electrons. The lowest BCUT2D eigenvalue weighted by atomic mass is 9.89. The van der Waals surface area contributed by atoms with Crippen molar-refractivity contribution in [3.63, 3.8) is 0 Å². The third-order valence-electron chi connectivity index (χ3n) is 8.00. The van der Waals surface area contributed by atoms with Crippen LogP contribution in [0.25, 0.3) is 0 Å². The third-order valence-corrected chi connectivity index (χ3v) is 12.5. The molecule has 0 heterocycles. The fourth-order valence-corrected chi connectivity index (χ4v) is 6.21.